The van der Waals surface area contributed by atoms with E-state index in [1.807, 2.05) is 17.0 Å². The maximum atomic E-state index is 13.1. The normalized spacial score (nSPS) is 23.5. The van der Waals surface area contributed by atoms with E-state index < -0.39 is 0 Å². The average Bonchev–Trinajstić information content (AvgIpc) is 2.91. The van der Waals surface area contributed by atoms with Gasteiger partial charge in [-0.2, -0.15) is 0 Å². The summed E-state index contributed by atoms with van der Waals surface area (Å²) in [6.45, 7) is 11.7. The molecule has 27 heavy (non-hydrogen) atoms. The van der Waals surface area contributed by atoms with Gasteiger partial charge in [0.25, 0.3) is 5.91 Å². The molecule has 5 nitrogen and oxygen atoms in total. The standard InChI is InChI=1S/C22H35N3O2/c1-4-10-24(11-5-2)13-18-6-8-20(9-7-18)22(26)25-14-19-12-23(3)21(15-25)17-27-16-19/h6-9,19,21H,4-5,10-17H2,1-3H3/t19-,21+/m1/s1. The van der Waals surface area contributed by atoms with Crippen LogP contribution in [0.2, 0.25) is 0 Å². The minimum Gasteiger partial charge on any atom is -0.379 e. The summed E-state index contributed by atoms with van der Waals surface area (Å²) >= 11 is 0. The summed E-state index contributed by atoms with van der Waals surface area (Å²) in [5.41, 5.74) is 2.09. The van der Waals surface area contributed by atoms with E-state index in [1.165, 1.54) is 18.4 Å². The number of hydrogen-bond acceptors (Lipinski definition) is 4. The maximum Gasteiger partial charge on any atom is 0.253 e. The van der Waals surface area contributed by atoms with Crippen LogP contribution >= 0.6 is 0 Å². The van der Waals surface area contributed by atoms with Gasteiger partial charge in [0.05, 0.1) is 19.3 Å². The molecule has 2 atom stereocenters. The number of carbonyl (C=O) groups is 1. The molecule has 150 valence electrons. The molecule has 2 fully saturated rings. The van der Waals surface area contributed by atoms with Crippen LogP contribution in [0.15, 0.2) is 24.3 Å². The zero-order valence-electron chi connectivity index (χ0n) is 17.2. The summed E-state index contributed by atoms with van der Waals surface area (Å²) in [5.74, 6) is 0.565. The summed E-state index contributed by atoms with van der Waals surface area (Å²) < 4.78 is 5.77. The smallest absolute Gasteiger partial charge is 0.253 e. The first-order chi connectivity index (χ1) is 13.1. The van der Waals surface area contributed by atoms with Gasteiger partial charge < -0.3 is 9.64 Å². The van der Waals surface area contributed by atoms with Crippen molar-refractivity contribution < 1.29 is 9.53 Å². The highest BCUT2D eigenvalue weighted by molar-refractivity contribution is 5.94. The minimum absolute atomic E-state index is 0.160. The zero-order chi connectivity index (χ0) is 19.2. The molecule has 2 heterocycles. The Hall–Kier alpha value is -1.43. The van der Waals surface area contributed by atoms with Gasteiger partial charge in [0.15, 0.2) is 0 Å². The number of rotatable bonds is 7. The fourth-order valence-electron chi connectivity index (χ4n) is 4.31. The van der Waals surface area contributed by atoms with E-state index in [9.17, 15) is 4.79 Å². The maximum absolute atomic E-state index is 13.1. The summed E-state index contributed by atoms with van der Waals surface area (Å²) in [6, 6.07) is 8.57. The fraction of sp³-hybridized carbons (Fsp3) is 0.682. The van der Waals surface area contributed by atoms with Gasteiger partial charge in [-0.3, -0.25) is 14.6 Å². The zero-order valence-corrected chi connectivity index (χ0v) is 17.2. The lowest BCUT2D eigenvalue weighted by molar-refractivity contribution is 0.0433. The first-order valence-electron chi connectivity index (χ1n) is 10.5. The van der Waals surface area contributed by atoms with Crippen molar-refractivity contribution in [3.63, 3.8) is 0 Å². The van der Waals surface area contributed by atoms with Gasteiger partial charge in [0, 0.05) is 37.7 Å². The minimum atomic E-state index is 0.160. The lowest BCUT2D eigenvalue weighted by atomic mass is 10.1. The van der Waals surface area contributed by atoms with Crippen LogP contribution in [0.5, 0.6) is 0 Å². The van der Waals surface area contributed by atoms with Crippen molar-refractivity contribution in [3.05, 3.63) is 35.4 Å². The second-order valence-corrected chi connectivity index (χ2v) is 8.18. The first kappa shape index (κ1) is 20.3. The number of likely N-dealkylation sites (N-methyl/N-ethyl adjacent to an activating group) is 1. The summed E-state index contributed by atoms with van der Waals surface area (Å²) in [7, 11) is 2.15. The number of hydrogen-bond donors (Lipinski definition) is 0. The van der Waals surface area contributed by atoms with Crippen LogP contribution in [-0.2, 0) is 11.3 Å². The molecule has 0 aromatic heterocycles. The summed E-state index contributed by atoms with van der Waals surface area (Å²) in [6.07, 6.45) is 2.35. The molecule has 5 heteroatoms. The number of nitrogens with zero attached hydrogens (tertiary/aromatic N) is 3. The van der Waals surface area contributed by atoms with Gasteiger partial charge in [0.2, 0.25) is 0 Å². The molecule has 2 bridgehead atoms. The monoisotopic (exact) mass is 373 g/mol. The van der Waals surface area contributed by atoms with Crippen molar-refractivity contribution in [2.45, 2.75) is 39.3 Å². The van der Waals surface area contributed by atoms with Crippen LogP contribution in [-0.4, -0.2) is 79.6 Å². The molecule has 0 N–H and O–H groups in total. The molecule has 0 aliphatic carbocycles. The van der Waals surface area contributed by atoms with Gasteiger partial charge in [-0.25, -0.2) is 0 Å². The van der Waals surface area contributed by atoms with Crippen molar-refractivity contribution in [2.75, 3.05) is 53.0 Å². The van der Waals surface area contributed by atoms with E-state index in [4.69, 9.17) is 4.74 Å². The molecule has 1 aromatic rings. The molecule has 2 aliphatic heterocycles. The molecule has 3 rings (SSSR count). The quantitative estimate of drug-likeness (QED) is 0.736. The third kappa shape index (κ3) is 5.31. The summed E-state index contributed by atoms with van der Waals surface area (Å²) in [5, 5.41) is 0. The second-order valence-electron chi connectivity index (χ2n) is 8.18. The van der Waals surface area contributed by atoms with Crippen LogP contribution in [0.4, 0.5) is 0 Å². The van der Waals surface area contributed by atoms with Crippen molar-refractivity contribution in [1.29, 1.82) is 0 Å². The van der Waals surface area contributed by atoms with E-state index >= 15 is 0 Å². The van der Waals surface area contributed by atoms with Gasteiger partial charge in [-0.05, 0) is 50.7 Å². The predicted molar refractivity (Wildman–Crippen MR) is 109 cm³/mol. The Bertz CT molecular complexity index is 598. The highest BCUT2D eigenvalue weighted by atomic mass is 16.5. The Labute approximate surface area is 164 Å². The van der Waals surface area contributed by atoms with Crippen molar-refractivity contribution in [2.24, 2.45) is 5.92 Å². The van der Waals surface area contributed by atoms with E-state index in [-0.39, 0.29) is 5.91 Å². The van der Waals surface area contributed by atoms with Crippen LogP contribution in [0.25, 0.3) is 0 Å². The van der Waals surface area contributed by atoms with Gasteiger partial charge >= 0.3 is 0 Å². The number of fused-ring (bicyclic) bond motifs is 3. The highest BCUT2D eigenvalue weighted by Crippen LogP contribution is 2.20. The van der Waals surface area contributed by atoms with Crippen LogP contribution < -0.4 is 0 Å². The molecule has 0 spiro atoms. The Balaban J connectivity index is 1.65. The Morgan fingerprint density at radius 2 is 1.78 bits per heavy atom. The van der Waals surface area contributed by atoms with E-state index in [0.717, 1.165) is 58.0 Å². The molecule has 0 saturated carbocycles. The largest absolute Gasteiger partial charge is 0.379 e. The average molecular weight is 374 g/mol. The van der Waals surface area contributed by atoms with E-state index in [0.29, 0.717) is 12.0 Å². The first-order valence-corrected chi connectivity index (χ1v) is 10.5. The van der Waals surface area contributed by atoms with Gasteiger partial charge in [-0.15, -0.1) is 0 Å². The Morgan fingerprint density at radius 1 is 1.07 bits per heavy atom. The van der Waals surface area contributed by atoms with E-state index in [2.05, 4.69) is 42.8 Å². The number of benzene rings is 1. The fourth-order valence-corrected chi connectivity index (χ4v) is 4.31. The van der Waals surface area contributed by atoms with Crippen molar-refractivity contribution in [3.8, 4) is 0 Å². The van der Waals surface area contributed by atoms with Gasteiger partial charge in [-0.1, -0.05) is 26.0 Å². The topological polar surface area (TPSA) is 36.0 Å². The molecular weight excluding hydrogens is 338 g/mol. The number of carbonyl (C=O) groups excluding carboxylic acids is 1. The molecular formula is C22H35N3O2. The molecule has 2 saturated heterocycles. The predicted octanol–water partition coefficient (Wildman–Crippen LogP) is 2.71. The molecule has 0 radical (unpaired) electrons. The van der Waals surface area contributed by atoms with Crippen LogP contribution in [0.3, 0.4) is 0 Å². The Morgan fingerprint density at radius 3 is 2.44 bits per heavy atom. The third-order valence-electron chi connectivity index (χ3n) is 5.72. The van der Waals surface area contributed by atoms with Crippen molar-refractivity contribution >= 4 is 5.91 Å². The second kappa shape index (κ2) is 9.67. The lowest BCUT2D eigenvalue weighted by Crippen LogP contribution is -2.44. The summed E-state index contributed by atoms with van der Waals surface area (Å²) in [4.78, 5) is 20.0. The SMILES string of the molecule is CCCN(CCC)Cc1ccc(C(=O)N2C[C@@H]3COC[C@H](C2)N(C)C3)cc1. The van der Waals surface area contributed by atoms with E-state index in [1.54, 1.807) is 0 Å². The van der Waals surface area contributed by atoms with Gasteiger partial charge in [0.1, 0.15) is 0 Å². The van der Waals surface area contributed by atoms with Crippen LogP contribution in [0, 0.1) is 5.92 Å². The molecule has 0 unspecified atom stereocenters. The molecule has 1 aromatic carbocycles. The molecule has 1 amide bonds. The number of amides is 1. The lowest BCUT2D eigenvalue weighted by Gasteiger charge is -2.30. The number of ether oxygens (including phenoxy) is 1. The van der Waals surface area contributed by atoms with Crippen LogP contribution in [0.1, 0.15) is 42.6 Å². The highest BCUT2D eigenvalue weighted by Gasteiger charge is 2.33. The van der Waals surface area contributed by atoms with Crippen molar-refractivity contribution in [1.82, 2.24) is 14.7 Å². The molecule has 2 aliphatic rings. The Kier molecular flexibility index (Phi) is 7.27. The third-order valence-corrected chi connectivity index (χ3v) is 5.72.